The molecule has 0 radical (unpaired) electrons. The van der Waals surface area contributed by atoms with E-state index in [0.717, 1.165) is 46.9 Å². The second-order valence-electron chi connectivity index (χ2n) is 6.10. The van der Waals surface area contributed by atoms with Gasteiger partial charge in [0, 0.05) is 17.5 Å². The molecule has 0 amide bonds. The van der Waals surface area contributed by atoms with E-state index in [9.17, 15) is 0 Å². The van der Waals surface area contributed by atoms with Crippen molar-refractivity contribution in [1.82, 2.24) is 0 Å². The molecule has 0 bridgehead atoms. The molecule has 2 N–H and O–H groups in total. The standard InChI is InChI=1S/C16H22ClNO2/c1-10-8-11-14(17)12(9-13(19-2)15(11)20-10)16(18)6-4-3-5-7-16/h9-10H,3-8,18H2,1-2H3. The molecule has 0 aromatic heterocycles. The number of rotatable bonds is 2. The van der Waals surface area contributed by atoms with Crippen molar-refractivity contribution in [3.8, 4) is 11.5 Å². The second-order valence-corrected chi connectivity index (χ2v) is 6.48. The third kappa shape index (κ3) is 2.17. The molecular formula is C16H22ClNO2. The Morgan fingerprint density at radius 1 is 1.35 bits per heavy atom. The normalized spacial score (nSPS) is 24.1. The zero-order valence-electron chi connectivity index (χ0n) is 12.2. The van der Waals surface area contributed by atoms with Crippen LogP contribution in [0.4, 0.5) is 0 Å². The first kappa shape index (κ1) is 14.0. The summed E-state index contributed by atoms with van der Waals surface area (Å²) in [6.45, 7) is 2.05. The van der Waals surface area contributed by atoms with Gasteiger partial charge in [-0.05, 0) is 31.4 Å². The molecule has 1 aliphatic heterocycles. The van der Waals surface area contributed by atoms with Gasteiger partial charge in [-0.1, -0.05) is 30.9 Å². The van der Waals surface area contributed by atoms with Gasteiger partial charge in [0.1, 0.15) is 6.10 Å². The molecule has 1 atom stereocenters. The van der Waals surface area contributed by atoms with Crippen LogP contribution in [0.3, 0.4) is 0 Å². The summed E-state index contributed by atoms with van der Waals surface area (Å²) in [6, 6.07) is 1.99. The SMILES string of the molecule is COc1cc(C2(N)CCCCC2)c(Cl)c2c1OC(C)C2. The first-order chi connectivity index (χ1) is 9.55. The smallest absolute Gasteiger partial charge is 0.166 e. The van der Waals surface area contributed by atoms with Gasteiger partial charge in [0.15, 0.2) is 11.5 Å². The van der Waals surface area contributed by atoms with E-state index in [-0.39, 0.29) is 11.6 Å². The predicted octanol–water partition coefficient (Wildman–Crippen LogP) is 3.79. The Balaban J connectivity index is 2.10. The minimum Gasteiger partial charge on any atom is -0.493 e. The van der Waals surface area contributed by atoms with E-state index in [0.29, 0.717) is 0 Å². The molecule has 1 fully saturated rings. The van der Waals surface area contributed by atoms with Gasteiger partial charge >= 0.3 is 0 Å². The highest BCUT2D eigenvalue weighted by atomic mass is 35.5. The van der Waals surface area contributed by atoms with Crippen LogP contribution in [0, 0.1) is 0 Å². The summed E-state index contributed by atoms with van der Waals surface area (Å²) in [6.07, 6.45) is 6.55. The van der Waals surface area contributed by atoms with Crippen molar-refractivity contribution in [2.24, 2.45) is 5.73 Å². The van der Waals surface area contributed by atoms with Crippen LogP contribution in [0.25, 0.3) is 0 Å². The van der Waals surface area contributed by atoms with Crippen molar-refractivity contribution >= 4 is 11.6 Å². The highest BCUT2D eigenvalue weighted by Gasteiger charge is 2.36. The Bertz CT molecular complexity index is 524. The van der Waals surface area contributed by atoms with Crippen molar-refractivity contribution in [3.63, 3.8) is 0 Å². The number of benzene rings is 1. The van der Waals surface area contributed by atoms with Crippen molar-refractivity contribution in [2.45, 2.75) is 57.1 Å². The fourth-order valence-corrected chi connectivity index (χ4v) is 3.88. The highest BCUT2D eigenvalue weighted by molar-refractivity contribution is 6.32. The summed E-state index contributed by atoms with van der Waals surface area (Å²) < 4.78 is 11.3. The van der Waals surface area contributed by atoms with Crippen molar-refractivity contribution in [3.05, 3.63) is 22.2 Å². The highest BCUT2D eigenvalue weighted by Crippen LogP contribution is 2.48. The Kier molecular flexibility index (Phi) is 3.59. The Morgan fingerprint density at radius 3 is 2.70 bits per heavy atom. The molecule has 1 saturated carbocycles. The number of hydrogen-bond acceptors (Lipinski definition) is 3. The second kappa shape index (κ2) is 5.12. The summed E-state index contributed by atoms with van der Waals surface area (Å²) in [5, 5.41) is 0.787. The van der Waals surface area contributed by atoms with Gasteiger partial charge in [0.05, 0.1) is 12.1 Å². The van der Waals surface area contributed by atoms with Gasteiger partial charge in [-0.2, -0.15) is 0 Å². The number of methoxy groups -OCH3 is 1. The van der Waals surface area contributed by atoms with Gasteiger partial charge in [0.25, 0.3) is 0 Å². The lowest BCUT2D eigenvalue weighted by atomic mass is 9.77. The molecule has 1 heterocycles. The van der Waals surface area contributed by atoms with Crippen molar-refractivity contribution < 1.29 is 9.47 Å². The van der Waals surface area contributed by atoms with Crippen molar-refractivity contribution in [1.29, 1.82) is 0 Å². The van der Waals surface area contributed by atoms with E-state index in [2.05, 4.69) is 0 Å². The van der Waals surface area contributed by atoms with Crippen LogP contribution < -0.4 is 15.2 Å². The maximum absolute atomic E-state index is 6.66. The number of halogens is 1. The topological polar surface area (TPSA) is 44.5 Å². The number of nitrogens with two attached hydrogens (primary N) is 1. The average molecular weight is 296 g/mol. The van der Waals surface area contributed by atoms with Crippen molar-refractivity contribution in [2.75, 3.05) is 7.11 Å². The molecule has 110 valence electrons. The van der Waals surface area contributed by atoms with Crippen LogP contribution in [0.5, 0.6) is 11.5 Å². The molecule has 1 unspecified atom stereocenters. The molecule has 3 rings (SSSR count). The van der Waals surface area contributed by atoms with Crippen LogP contribution in [0.1, 0.15) is 50.2 Å². The van der Waals surface area contributed by atoms with Crippen LogP contribution >= 0.6 is 11.6 Å². The lowest BCUT2D eigenvalue weighted by Crippen LogP contribution is -2.39. The summed E-state index contributed by atoms with van der Waals surface area (Å²) in [5.74, 6) is 1.56. The van der Waals surface area contributed by atoms with Gasteiger partial charge in [-0.25, -0.2) is 0 Å². The molecule has 3 nitrogen and oxygen atoms in total. The first-order valence-corrected chi connectivity index (χ1v) is 7.78. The molecule has 4 heteroatoms. The molecule has 0 saturated heterocycles. The molecule has 0 spiro atoms. The van der Waals surface area contributed by atoms with Gasteiger partial charge in [-0.3, -0.25) is 0 Å². The number of ether oxygens (including phenoxy) is 2. The zero-order valence-corrected chi connectivity index (χ0v) is 12.9. The minimum absolute atomic E-state index is 0.145. The molecule has 1 aliphatic carbocycles. The molecule has 20 heavy (non-hydrogen) atoms. The zero-order chi connectivity index (χ0) is 14.3. The summed E-state index contributed by atoms with van der Waals surface area (Å²) in [4.78, 5) is 0. The lowest BCUT2D eigenvalue weighted by molar-refractivity contribution is 0.243. The Hall–Kier alpha value is -0.930. The lowest BCUT2D eigenvalue weighted by Gasteiger charge is -2.35. The summed E-state index contributed by atoms with van der Waals surface area (Å²) in [7, 11) is 1.67. The fourth-order valence-electron chi connectivity index (χ4n) is 3.48. The fraction of sp³-hybridized carbons (Fsp3) is 0.625. The summed E-state index contributed by atoms with van der Waals surface area (Å²) >= 11 is 6.66. The molecular weight excluding hydrogens is 274 g/mol. The van der Waals surface area contributed by atoms with Crippen LogP contribution in [0.15, 0.2) is 6.07 Å². The van der Waals surface area contributed by atoms with Gasteiger partial charge in [0.2, 0.25) is 0 Å². The molecule has 2 aliphatic rings. The van der Waals surface area contributed by atoms with Crippen LogP contribution in [-0.2, 0) is 12.0 Å². The Morgan fingerprint density at radius 2 is 2.05 bits per heavy atom. The quantitative estimate of drug-likeness (QED) is 0.903. The third-order valence-corrected chi connectivity index (χ3v) is 5.02. The van der Waals surface area contributed by atoms with Gasteiger partial charge in [-0.15, -0.1) is 0 Å². The van der Waals surface area contributed by atoms with Crippen LogP contribution in [-0.4, -0.2) is 13.2 Å². The van der Waals surface area contributed by atoms with E-state index < -0.39 is 0 Å². The first-order valence-electron chi connectivity index (χ1n) is 7.40. The molecule has 1 aromatic rings. The number of hydrogen-bond donors (Lipinski definition) is 1. The average Bonchev–Trinajstić information content (AvgIpc) is 2.82. The maximum atomic E-state index is 6.66. The Labute approximate surface area is 125 Å². The van der Waals surface area contributed by atoms with Gasteiger partial charge < -0.3 is 15.2 Å². The molecule has 1 aromatic carbocycles. The predicted molar refractivity (Wildman–Crippen MR) is 80.7 cm³/mol. The van der Waals surface area contributed by atoms with E-state index in [1.54, 1.807) is 7.11 Å². The minimum atomic E-state index is -0.316. The largest absolute Gasteiger partial charge is 0.493 e. The maximum Gasteiger partial charge on any atom is 0.166 e. The van der Waals surface area contributed by atoms with E-state index in [4.69, 9.17) is 26.8 Å². The van der Waals surface area contributed by atoms with E-state index in [1.807, 2.05) is 13.0 Å². The monoisotopic (exact) mass is 295 g/mol. The van der Waals surface area contributed by atoms with Crippen LogP contribution in [0.2, 0.25) is 5.02 Å². The number of fused-ring (bicyclic) bond motifs is 1. The third-order valence-electron chi connectivity index (χ3n) is 4.59. The summed E-state index contributed by atoms with van der Waals surface area (Å²) in [5.41, 5.74) is 8.43. The van der Waals surface area contributed by atoms with E-state index >= 15 is 0 Å². The van der Waals surface area contributed by atoms with E-state index in [1.165, 1.54) is 19.3 Å².